The number of pyridine rings is 1. The molecule has 0 bridgehead atoms. The van der Waals surface area contributed by atoms with Crippen LogP contribution in [0.4, 0.5) is 0 Å². The molecule has 0 N–H and O–H groups in total. The zero-order valence-corrected chi connectivity index (χ0v) is 21.0. The second-order valence-corrected chi connectivity index (χ2v) is 9.64. The van der Waals surface area contributed by atoms with Gasteiger partial charge in [-0.25, -0.2) is 4.68 Å². The van der Waals surface area contributed by atoms with E-state index in [4.69, 9.17) is 9.72 Å². The van der Waals surface area contributed by atoms with E-state index in [2.05, 4.69) is 50.3 Å². The van der Waals surface area contributed by atoms with E-state index >= 15 is 0 Å². The Labute approximate surface area is 208 Å². The Kier molecular flexibility index (Phi) is 5.44. The minimum atomic E-state index is -0.0599. The average Bonchev–Trinajstić information content (AvgIpc) is 3.52. The number of ketones is 1. The summed E-state index contributed by atoms with van der Waals surface area (Å²) in [6.45, 7) is 4.99. The highest BCUT2D eigenvalue weighted by atomic mass is 16.5. The fraction of sp³-hybridized carbons (Fsp3) is 0.370. The standard InChI is InChI=1S/C27H29N7O2/c1-16-24(33(4)31-29-16)20-14-21-23(28-15-20)26-27(22(17(2)35)30-32(26)3)34(21)25(18-8-6-5-7-9-18)19-10-12-36-13-11-19/h5-9,14-15,19,25H,10-13H2,1-4H3/t25-/m1/s1. The molecule has 1 aliphatic heterocycles. The van der Waals surface area contributed by atoms with Gasteiger partial charge in [-0.1, -0.05) is 35.5 Å². The number of benzene rings is 1. The summed E-state index contributed by atoms with van der Waals surface area (Å²) in [5, 5.41) is 13.1. The summed E-state index contributed by atoms with van der Waals surface area (Å²) >= 11 is 0. The van der Waals surface area contributed by atoms with Crippen molar-refractivity contribution in [3.8, 4) is 11.3 Å². The molecular weight excluding hydrogens is 454 g/mol. The minimum absolute atomic E-state index is 0.000194. The highest BCUT2D eigenvalue weighted by Crippen LogP contribution is 2.42. The first-order chi connectivity index (χ1) is 17.5. The number of carbonyl (C=O) groups excluding carboxylic acids is 1. The van der Waals surface area contributed by atoms with Crippen molar-refractivity contribution < 1.29 is 9.53 Å². The van der Waals surface area contributed by atoms with Gasteiger partial charge in [-0.2, -0.15) is 5.10 Å². The van der Waals surface area contributed by atoms with Crippen molar-refractivity contribution in [2.45, 2.75) is 32.7 Å². The molecule has 36 heavy (non-hydrogen) atoms. The van der Waals surface area contributed by atoms with Gasteiger partial charge in [0.25, 0.3) is 0 Å². The molecule has 0 aliphatic carbocycles. The van der Waals surface area contributed by atoms with Crippen molar-refractivity contribution in [1.29, 1.82) is 0 Å². The van der Waals surface area contributed by atoms with Crippen LogP contribution < -0.4 is 0 Å². The van der Waals surface area contributed by atoms with E-state index in [1.54, 1.807) is 16.3 Å². The third kappa shape index (κ3) is 3.45. The van der Waals surface area contributed by atoms with Crippen LogP contribution >= 0.6 is 0 Å². The quantitative estimate of drug-likeness (QED) is 0.347. The summed E-state index contributed by atoms with van der Waals surface area (Å²) in [5.41, 5.74) is 7.89. The molecule has 184 valence electrons. The zero-order chi connectivity index (χ0) is 25.0. The molecule has 4 aromatic heterocycles. The van der Waals surface area contributed by atoms with Gasteiger partial charge in [0.2, 0.25) is 0 Å². The van der Waals surface area contributed by atoms with Crippen molar-refractivity contribution >= 4 is 27.9 Å². The van der Waals surface area contributed by atoms with Crippen LogP contribution in [0.5, 0.6) is 0 Å². The van der Waals surface area contributed by atoms with Gasteiger partial charge >= 0.3 is 0 Å². The number of hydrogen-bond donors (Lipinski definition) is 0. The summed E-state index contributed by atoms with van der Waals surface area (Å²) in [7, 11) is 3.77. The number of fused-ring (bicyclic) bond motifs is 3. The molecule has 9 nitrogen and oxygen atoms in total. The lowest BCUT2D eigenvalue weighted by molar-refractivity contribution is 0.0552. The van der Waals surface area contributed by atoms with E-state index < -0.39 is 0 Å². The number of ether oxygens (including phenoxy) is 1. The van der Waals surface area contributed by atoms with Crippen LogP contribution in [-0.2, 0) is 18.8 Å². The number of hydrogen-bond acceptors (Lipinski definition) is 6. The first kappa shape index (κ1) is 22.6. The number of aromatic nitrogens is 7. The molecule has 1 fully saturated rings. The van der Waals surface area contributed by atoms with Crippen molar-refractivity contribution in [3.05, 3.63) is 59.5 Å². The average molecular weight is 484 g/mol. The maximum absolute atomic E-state index is 12.8. The van der Waals surface area contributed by atoms with Gasteiger partial charge in [0.1, 0.15) is 16.6 Å². The minimum Gasteiger partial charge on any atom is -0.381 e. The number of carbonyl (C=O) groups is 1. The second-order valence-electron chi connectivity index (χ2n) is 9.64. The number of rotatable bonds is 5. The van der Waals surface area contributed by atoms with Crippen molar-refractivity contribution in [2.75, 3.05) is 13.2 Å². The third-order valence-electron chi connectivity index (χ3n) is 7.35. The van der Waals surface area contributed by atoms with Gasteiger partial charge in [-0.05, 0) is 37.3 Å². The first-order valence-corrected chi connectivity index (χ1v) is 12.3. The topological polar surface area (TPSA) is 92.7 Å². The Hall–Kier alpha value is -3.85. The first-order valence-electron chi connectivity index (χ1n) is 12.3. The van der Waals surface area contributed by atoms with Crippen LogP contribution in [0.15, 0.2) is 42.6 Å². The van der Waals surface area contributed by atoms with Gasteiger partial charge < -0.3 is 9.30 Å². The van der Waals surface area contributed by atoms with Gasteiger partial charge in [0.15, 0.2) is 11.5 Å². The lowest BCUT2D eigenvalue weighted by atomic mass is 9.86. The maximum Gasteiger partial charge on any atom is 0.182 e. The molecule has 5 heterocycles. The molecule has 0 radical (unpaired) electrons. The van der Waals surface area contributed by atoms with Crippen LogP contribution in [0, 0.1) is 12.8 Å². The fourth-order valence-electron chi connectivity index (χ4n) is 5.77. The molecular formula is C27H29N7O2. The molecule has 1 aliphatic rings. The third-order valence-corrected chi connectivity index (χ3v) is 7.35. The van der Waals surface area contributed by atoms with E-state index in [0.717, 1.165) is 65.1 Å². The molecule has 0 saturated carbocycles. The van der Waals surface area contributed by atoms with Gasteiger partial charge in [0, 0.05) is 46.0 Å². The smallest absolute Gasteiger partial charge is 0.182 e. The Morgan fingerprint density at radius 3 is 2.50 bits per heavy atom. The number of aryl methyl sites for hydroxylation is 3. The number of Topliss-reactive ketones (excluding diaryl/α,β-unsaturated/α-hetero) is 1. The molecule has 1 aromatic carbocycles. The maximum atomic E-state index is 12.8. The van der Waals surface area contributed by atoms with Crippen molar-refractivity contribution in [1.82, 2.24) is 34.3 Å². The van der Waals surface area contributed by atoms with E-state index in [1.807, 2.05) is 33.3 Å². The van der Waals surface area contributed by atoms with Crippen molar-refractivity contribution in [3.63, 3.8) is 0 Å². The van der Waals surface area contributed by atoms with Crippen LogP contribution in [0.1, 0.15) is 47.6 Å². The summed E-state index contributed by atoms with van der Waals surface area (Å²) in [5.74, 6) is 0.277. The van der Waals surface area contributed by atoms with E-state index in [9.17, 15) is 4.79 Å². The van der Waals surface area contributed by atoms with Crippen LogP contribution in [0.3, 0.4) is 0 Å². The summed E-state index contributed by atoms with van der Waals surface area (Å²) in [4.78, 5) is 17.8. The second kappa shape index (κ2) is 8.67. The predicted molar refractivity (Wildman–Crippen MR) is 137 cm³/mol. The lowest BCUT2D eigenvalue weighted by Crippen LogP contribution is -2.27. The summed E-state index contributed by atoms with van der Waals surface area (Å²) in [6.07, 6.45) is 3.74. The highest BCUT2D eigenvalue weighted by Gasteiger charge is 2.33. The Balaban J connectivity index is 1.72. The highest BCUT2D eigenvalue weighted by molar-refractivity contribution is 6.13. The molecule has 1 atom stereocenters. The van der Waals surface area contributed by atoms with E-state index in [0.29, 0.717) is 11.6 Å². The zero-order valence-electron chi connectivity index (χ0n) is 21.0. The van der Waals surface area contributed by atoms with E-state index in [-0.39, 0.29) is 11.8 Å². The molecule has 0 amide bonds. The molecule has 0 spiro atoms. The molecule has 6 rings (SSSR count). The molecule has 9 heteroatoms. The molecule has 1 saturated heterocycles. The Morgan fingerprint density at radius 1 is 1.08 bits per heavy atom. The van der Waals surface area contributed by atoms with Crippen LogP contribution in [-0.4, -0.2) is 53.3 Å². The van der Waals surface area contributed by atoms with Gasteiger partial charge in [-0.15, -0.1) is 5.10 Å². The summed E-state index contributed by atoms with van der Waals surface area (Å²) < 4.78 is 11.6. The fourth-order valence-corrected chi connectivity index (χ4v) is 5.77. The predicted octanol–water partition coefficient (Wildman–Crippen LogP) is 4.25. The lowest BCUT2D eigenvalue weighted by Gasteiger charge is -2.33. The van der Waals surface area contributed by atoms with Crippen LogP contribution in [0.2, 0.25) is 0 Å². The molecule has 0 unspecified atom stereocenters. The normalized spacial score (nSPS) is 15.7. The van der Waals surface area contributed by atoms with Crippen LogP contribution in [0.25, 0.3) is 33.3 Å². The van der Waals surface area contributed by atoms with Gasteiger partial charge in [0.05, 0.1) is 22.9 Å². The number of nitrogens with zero attached hydrogens (tertiary/aromatic N) is 7. The van der Waals surface area contributed by atoms with Crippen molar-refractivity contribution in [2.24, 2.45) is 20.0 Å². The monoisotopic (exact) mass is 483 g/mol. The summed E-state index contributed by atoms with van der Waals surface area (Å²) in [6, 6.07) is 12.7. The Morgan fingerprint density at radius 2 is 1.83 bits per heavy atom. The largest absolute Gasteiger partial charge is 0.381 e. The Bertz CT molecular complexity index is 1570. The van der Waals surface area contributed by atoms with E-state index in [1.165, 1.54) is 5.56 Å². The SMILES string of the molecule is CC(=O)c1nn(C)c2c3ncc(-c4c(C)nnn4C)cc3n([C@H](c3ccccc3)C3CCOCC3)c12. The van der Waals surface area contributed by atoms with Gasteiger partial charge in [-0.3, -0.25) is 14.5 Å². The molecule has 5 aromatic rings.